The van der Waals surface area contributed by atoms with Gasteiger partial charge < -0.3 is 9.84 Å². The van der Waals surface area contributed by atoms with E-state index in [2.05, 4.69) is 0 Å². The molecule has 6 heteroatoms. The van der Waals surface area contributed by atoms with Crippen LogP contribution in [-0.2, 0) is 11.4 Å². The van der Waals surface area contributed by atoms with Crippen molar-refractivity contribution in [1.82, 2.24) is 0 Å². The highest BCUT2D eigenvalue weighted by Crippen LogP contribution is 2.37. The van der Waals surface area contributed by atoms with Crippen LogP contribution in [0.2, 0.25) is 10.0 Å². The lowest BCUT2D eigenvalue weighted by Gasteiger charge is -2.14. The van der Waals surface area contributed by atoms with Crippen LogP contribution in [0.5, 0.6) is 5.75 Å². The van der Waals surface area contributed by atoms with E-state index in [-0.39, 0.29) is 6.61 Å². The molecular weight excluding hydrogens is 427 g/mol. The number of hydrogen-bond donors (Lipinski definition) is 1. The maximum atomic E-state index is 11.3. The van der Waals surface area contributed by atoms with Crippen molar-refractivity contribution in [2.24, 2.45) is 0 Å². The Morgan fingerprint density at radius 1 is 1.03 bits per heavy atom. The minimum atomic E-state index is -0.989. The van der Waals surface area contributed by atoms with Gasteiger partial charge in [0.1, 0.15) is 12.4 Å². The summed E-state index contributed by atoms with van der Waals surface area (Å²) in [6, 6.07) is 20.5. The van der Waals surface area contributed by atoms with Gasteiger partial charge in [0.25, 0.3) is 0 Å². The molecule has 3 aromatic rings. The molecule has 0 atom stereocenters. The second kappa shape index (κ2) is 9.88. The van der Waals surface area contributed by atoms with Gasteiger partial charge in [-0.1, -0.05) is 59.2 Å². The van der Waals surface area contributed by atoms with Gasteiger partial charge in [0.15, 0.2) is 0 Å². The van der Waals surface area contributed by atoms with E-state index in [4.69, 9.17) is 27.9 Å². The first-order chi connectivity index (χ1) is 13.9. The van der Waals surface area contributed by atoms with E-state index in [1.807, 2.05) is 55.5 Å². The molecule has 29 heavy (non-hydrogen) atoms. The quantitative estimate of drug-likeness (QED) is 0.311. The minimum Gasteiger partial charge on any atom is -0.489 e. The third kappa shape index (κ3) is 5.80. The van der Waals surface area contributed by atoms with Gasteiger partial charge >= 0.3 is 5.97 Å². The molecule has 0 saturated carbocycles. The van der Waals surface area contributed by atoms with Gasteiger partial charge in [-0.05, 0) is 60.5 Å². The first-order valence-electron chi connectivity index (χ1n) is 8.78. The number of rotatable bonds is 7. The maximum Gasteiger partial charge on any atom is 0.329 e. The zero-order chi connectivity index (χ0) is 20.8. The molecule has 0 aromatic heterocycles. The Balaban J connectivity index is 1.82. The Hall–Kier alpha value is -2.40. The Kier molecular flexibility index (Phi) is 7.26. The molecule has 0 amide bonds. The summed E-state index contributed by atoms with van der Waals surface area (Å²) in [5, 5.41) is 10.4. The standard InChI is InChI=1S/C23H18Cl2O3S/c1-15-12-16(28-14-19-20(24)8-5-9-21(19)25)10-11-18(15)22(13-23(26)27)29-17-6-3-2-4-7-17/h2-13H,14H2,1H3,(H,26,27)/b22-13-. The molecule has 3 nitrogen and oxygen atoms in total. The summed E-state index contributed by atoms with van der Waals surface area (Å²) in [5.74, 6) is -0.335. The van der Waals surface area contributed by atoms with Gasteiger partial charge in [0, 0.05) is 31.5 Å². The van der Waals surface area contributed by atoms with Crippen molar-refractivity contribution in [2.75, 3.05) is 0 Å². The van der Waals surface area contributed by atoms with E-state index in [0.29, 0.717) is 20.7 Å². The Labute approximate surface area is 183 Å². The van der Waals surface area contributed by atoms with E-state index >= 15 is 0 Å². The molecule has 0 aliphatic heterocycles. The van der Waals surface area contributed by atoms with Gasteiger partial charge in [-0.3, -0.25) is 0 Å². The number of hydrogen-bond acceptors (Lipinski definition) is 3. The largest absolute Gasteiger partial charge is 0.489 e. The summed E-state index contributed by atoms with van der Waals surface area (Å²) in [6.45, 7) is 2.17. The Morgan fingerprint density at radius 2 is 1.72 bits per heavy atom. The highest BCUT2D eigenvalue weighted by atomic mass is 35.5. The molecule has 0 unspecified atom stereocenters. The predicted molar refractivity (Wildman–Crippen MR) is 120 cm³/mol. The van der Waals surface area contributed by atoms with Crippen LogP contribution in [0.25, 0.3) is 4.91 Å². The van der Waals surface area contributed by atoms with Gasteiger partial charge in [-0.25, -0.2) is 4.79 Å². The van der Waals surface area contributed by atoms with E-state index < -0.39 is 5.97 Å². The molecule has 3 aromatic carbocycles. The van der Waals surface area contributed by atoms with Crippen LogP contribution in [0.4, 0.5) is 0 Å². The Morgan fingerprint density at radius 3 is 2.34 bits per heavy atom. The first-order valence-corrected chi connectivity index (χ1v) is 10.4. The molecule has 0 aliphatic rings. The van der Waals surface area contributed by atoms with Crippen molar-refractivity contribution in [3.8, 4) is 5.75 Å². The van der Waals surface area contributed by atoms with Gasteiger partial charge in [-0.2, -0.15) is 0 Å². The smallest absolute Gasteiger partial charge is 0.329 e. The van der Waals surface area contributed by atoms with Crippen LogP contribution in [0, 0.1) is 6.92 Å². The number of halogens is 2. The number of thioether (sulfide) groups is 1. The number of carbonyl (C=O) groups is 1. The van der Waals surface area contributed by atoms with Crippen molar-refractivity contribution in [1.29, 1.82) is 0 Å². The number of carboxylic acid groups (broad SMARTS) is 1. The lowest BCUT2D eigenvalue weighted by Crippen LogP contribution is -1.99. The normalized spacial score (nSPS) is 11.3. The lowest BCUT2D eigenvalue weighted by molar-refractivity contribution is -0.131. The van der Waals surface area contributed by atoms with Gasteiger partial charge in [-0.15, -0.1) is 0 Å². The second-order valence-electron chi connectivity index (χ2n) is 6.23. The molecule has 148 valence electrons. The van der Waals surface area contributed by atoms with Crippen LogP contribution >= 0.6 is 35.0 Å². The SMILES string of the molecule is Cc1cc(OCc2c(Cl)cccc2Cl)ccc1/C(=C/C(=O)O)Sc1ccccc1. The highest BCUT2D eigenvalue weighted by molar-refractivity contribution is 8.08. The Bertz CT molecular complexity index is 1030. The zero-order valence-corrected chi connectivity index (χ0v) is 17.9. The maximum absolute atomic E-state index is 11.3. The van der Waals surface area contributed by atoms with Gasteiger partial charge in [0.05, 0.1) is 0 Å². The lowest BCUT2D eigenvalue weighted by atomic mass is 10.1. The number of ether oxygens (including phenoxy) is 1. The fourth-order valence-electron chi connectivity index (χ4n) is 2.72. The van der Waals surface area contributed by atoms with Crippen molar-refractivity contribution < 1.29 is 14.6 Å². The topological polar surface area (TPSA) is 46.5 Å². The summed E-state index contributed by atoms with van der Waals surface area (Å²) in [5.41, 5.74) is 2.47. The molecule has 0 aliphatic carbocycles. The van der Waals surface area contributed by atoms with Crippen molar-refractivity contribution in [2.45, 2.75) is 18.4 Å². The summed E-state index contributed by atoms with van der Waals surface area (Å²) < 4.78 is 5.86. The van der Waals surface area contributed by atoms with Crippen molar-refractivity contribution >= 4 is 45.8 Å². The number of aryl methyl sites for hydroxylation is 1. The molecule has 0 heterocycles. The number of benzene rings is 3. The first kappa shape index (κ1) is 21.3. The molecule has 0 spiro atoms. The third-order valence-corrected chi connectivity index (χ3v) is 5.91. The number of carboxylic acids is 1. The molecule has 1 N–H and O–H groups in total. The second-order valence-corrected chi connectivity index (χ2v) is 8.16. The highest BCUT2D eigenvalue weighted by Gasteiger charge is 2.12. The van der Waals surface area contributed by atoms with Crippen LogP contribution in [0.15, 0.2) is 77.7 Å². The minimum absolute atomic E-state index is 0.244. The fraction of sp³-hybridized carbons (Fsp3) is 0.0870. The average Bonchev–Trinajstić information content (AvgIpc) is 2.68. The molecule has 3 rings (SSSR count). The van der Waals surface area contributed by atoms with E-state index in [9.17, 15) is 9.90 Å². The van der Waals surface area contributed by atoms with Crippen molar-refractivity contribution in [3.05, 3.63) is 99.5 Å². The molecule has 0 bridgehead atoms. The van der Waals surface area contributed by atoms with E-state index in [1.165, 1.54) is 17.8 Å². The molecule has 0 radical (unpaired) electrons. The summed E-state index contributed by atoms with van der Waals surface area (Å²) in [7, 11) is 0. The monoisotopic (exact) mass is 444 g/mol. The van der Waals surface area contributed by atoms with Crippen LogP contribution in [0.1, 0.15) is 16.7 Å². The average molecular weight is 445 g/mol. The molecule has 0 fully saturated rings. The molecular formula is C23H18Cl2O3S. The summed E-state index contributed by atoms with van der Waals surface area (Å²) in [6.07, 6.45) is 1.23. The summed E-state index contributed by atoms with van der Waals surface area (Å²) >= 11 is 13.8. The number of aliphatic carboxylic acids is 1. The van der Waals surface area contributed by atoms with E-state index in [0.717, 1.165) is 21.6 Å². The van der Waals surface area contributed by atoms with E-state index in [1.54, 1.807) is 18.2 Å². The van der Waals surface area contributed by atoms with Gasteiger partial charge in [0.2, 0.25) is 0 Å². The zero-order valence-electron chi connectivity index (χ0n) is 15.6. The molecule has 0 saturated heterocycles. The van der Waals surface area contributed by atoms with Crippen molar-refractivity contribution in [3.63, 3.8) is 0 Å². The van der Waals surface area contributed by atoms with Crippen LogP contribution in [0.3, 0.4) is 0 Å². The summed E-state index contributed by atoms with van der Waals surface area (Å²) in [4.78, 5) is 13.0. The third-order valence-electron chi connectivity index (χ3n) is 4.13. The van der Waals surface area contributed by atoms with Crippen LogP contribution in [-0.4, -0.2) is 11.1 Å². The predicted octanol–water partition coefficient (Wildman–Crippen LogP) is 7.10. The fourth-order valence-corrected chi connectivity index (χ4v) is 4.27. The van der Waals surface area contributed by atoms with Crippen LogP contribution < -0.4 is 4.74 Å².